The van der Waals surface area contributed by atoms with Gasteiger partial charge in [0.25, 0.3) is 5.56 Å². The van der Waals surface area contributed by atoms with Crippen LogP contribution in [0.25, 0.3) is 5.69 Å². The second-order valence-electron chi connectivity index (χ2n) is 8.35. The summed E-state index contributed by atoms with van der Waals surface area (Å²) >= 11 is 5.86. The molecule has 188 valence electrons. The summed E-state index contributed by atoms with van der Waals surface area (Å²) in [6.07, 6.45) is 2.48. The molecule has 0 bridgehead atoms. The highest BCUT2D eigenvalue weighted by atomic mass is 35.5. The van der Waals surface area contributed by atoms with Crippen LogP contribution in [0, 0.1) is 17.7 Å². The third-order valence-corrected chi connectivity index (χ3v) is 7.34. The fourth-order valence-electron chi connectivity index (χ4n) is 3.96. The number of carbonyl (C=O) groups is 2. The van der Waals surface area contributed by atoms with E-state index in [0.29, 0.717) is 10.7 Å². The van der Waals surface area contributed by atoms with Gasteiger partial charge in [-0.1, -0.05) is 17.7 Å². The van der Waals surface area contributed by atoms with Gasteiger partial charge in [0.05, 0.1) is 29.5 Å². The lowest BCUT2D eigenvalue weighted by atomic mass is 9.94. The molecule has 9 nitrogen and oxygen atoms in total. The third kappa shape index (κ3) is 5.64. The first kappa shape index (κ1) is 25.5. The number of benzene rings is 2. The van der Waals surface area contributed by atoms with Gasteiger partial charge in [-0.2, -0.15) is 0 Å². The second kappa shape index (κ2) is 10.2. The summed E-state index contributed by atoms with van der Waals surface area (Å²) in [7, 11) is -3.69. The van der Waals surface area contributed by atoms with Crippen molar-refractivity contribution in [3.05, 3.63) is 88.1 Å². The summed E-state index contributed by atoms with van der Waals surface area (Å²) in [5.41, 5.74) is 0.178. The Bertz CT molecular complexity index is 1480. The number of carbonyl (C=O) groups excluding carboxylic acids is 2. The number of nitrogens with one attached hydrogen (secondary N) is 2. The van der Waals surface area contributed by atoms with Crippen LogP contribution in [-0.2, 0) is 19.6 Å². The van der Waals surface area contributed by atoms with Gasteiger partial charge in [-0.25, -0.2) is 17.1 Å². The number of pyridine rings is 1. The smallest absolute Gasteiger partial charge is 0.255 e. The first-order chi connectivity index (χ1) is 17.0. The Morgan fingerprint density at radius 3 is 2.19 bits per heavy atom. The summed E-state index contributed by atoms with van der Waals surface area (Å²) in [5, 5.41) is 5.59. The molecule has 2 aromatic carbocycles. The molecule has 0 aliphatic carbocycles. The number of rotatable bonds is 6. The van der Waals surface area contributed by atoms with Crippen LogP contribution in [0.1, 0.15) is 0 Å². The van der Waals surface area contributed by atoms with E-state index < -0.39 is 39.5 Å². The molecule has 0 radical (unpaired) electrons. The molecule has 1 aliphatic rings. The van der Waals surface area contributed by atoms with E-state index in [9.17, 15) is 27.2 Å². The van der Waals surface area contributed by atoms with Gasteiger partial charge in [-0.3, -0.25) is 19.0 Å². The summed E-state index contributed by atoms with van der Waals surface area (Å²) in [6.45, 7) is -0.433. The summed E-state index contributed by atoms with van der Waals surface area (Å²) in [6, 6.07) is 14.7. The van der Waals surface area contributed by atoms with E-state index in [0.717, 1.165) is 16.6 Å². The van der Waals surface area contributed by atoms with E-state index >= 15 is 0 Å². The Morgan fingerprint density at radius 1 is 0.972 bits per heavy atom. The lowest BCUT2D eigenvalue weighted by Crippen LogP contribution is -2.35. The first-order valence-corrected chi connectivity index (χ1v) is 13.1. The fourth-order valence-corrected chi connectivity index (χ4v) is 4.95. The van der Waals surface area contributed by atoms with Crippen molar-refractivity contribution >= 4 is 44.8 Å². The Morgan fingerprint density at radius 2 is 1.61 bits per heavy atom. The van der Waals surface area contributed by atoms with Crippen LogP contribution in [0.3, 0.4) is 0 Å². The fraction of sp³-hybridized carbons (Fsp3) is 0.208. The van der Waals surface area contributed by atoms with Crippen LogP contribution in [0.5, 0.6) is 0 Å². The minimum absolute atomic E-state index is 0.164. The highest BCUT2D eigenvalue weighted by molar-refractivity contribution is 7.88. The third-order valence-electron chi connectivity index (χ3n) is 5.85. The zero-order valence-electron chi connectivity index (χ0n) is 19.0. The molecule has 1 aromatic heterocycles. The molecule has 1 aliphatic heterocycles. The molecule has 12 heteroatoms. The molecule has 2 heterocycles. The van der Waals surface area contributed by atoms with Gasteiger partial charge in [-0.05, 0) is 42.5 Å². The quantitative estimate of drug-likeness (QED) is 0.506. The number of halogens is 2. The average Bonchev–Trinajstić information content (AvgIpc) is 3.29. The maximum absolute atomic E-state index is 14.8. The standard InChI is InChI=1S/C24H22ClFN4O5S/c1-36(34,35)29-13-18(23(32)27-16-7-5-15(25)6-8-16)19(14-29)24(33)28-21-10-9-17(12-20(21)26)30-11-3-2-4-22(30)31/h2-12,18-19H,13-14H2,1H3,(H,27,32)(H,28,33)/t18-,19-/m0/s1. The lowest BCUT2D eigenvalue weighted by molar-refractivity contribution is -0.127. The number of amides is 2. The van der Waals surface area contributed by atoms with Crippen molar-refractivity contribution in [3.63, 3.8) is 0 Å². The van der Waals surface area contributed by atoms with Crippen molar-refractivity contribution in [2.45, 2.75) is 0 Å². The normalized spacial score (nSPS) is 18.1. The van der Waals surface area contributed by atoms with Crippen LogP contribution < -0.4 is 16.2 Å². The summed E-state index contributed by atoms with van der Waals surface area (Å²) < 4.78 is 41.4. The van der Waals surface area contributed by atoms with Gasteiger partial charge in [0.15, 0.2) is 0 Å². The van der Waals surface area contributed by atoms with Crippen LogP contribution >= 0.6 is 11.6 Å². The van der Waals surface area contributed by atoms with E-state index in [1.54, 1.807) is 36.4 Å². The molecule has 3 aromatic rings. The topological polar surface area (TPSA) is 118 Å². The van der Waals surface area contributed by atoms with Gasteiger partial charge in [-0.15, -0.1) is 0 Å². The Kier molecular flexibility index (Phi) is 7.25. The van der Waals surface area contributed by atoms with Crippen molar-refractivity contribution in [1.29, 1.82) is 0 Å². The number of hydrogen-bond acceptors (Lipinski definition) is 5. The number of sulfonamides is 1. The van der Waals surface area contributed by atoms with Gasteiger partial charge >= 0.3 is 0 Å². The van der Waals surface area contributed by atoms with Crippen molar-refractivity contribution in [1.82, 2.24) is 8.87 Å². The molecular weight excluding hydrogens is 511 g/mol. The van der Waals surface area contributed by atoms with Crippen molar-refractivity contribution in [2.75, 3.05) is 30.0 Å². The Labute approximate surface area is 211 Å². The van der Waals surface area contributed by atoms with Crippen molar-refractivity contribution < 1.29 is 22.4 Å². The van der Waals surface area contributed by atoms with Crippen LogP contribution in [0.2, 0.25) is 5.02 Å². The summed E-state index contributed by atoms with van der Waals surface area (Å²) in [4.78, 5) is 38.1. The van der Waals surface area contributed by atoms with Crippen molar-refractivity contribution in [3.8, 4) is 5.69 Å². The minimum Gasteiger partial charge on any atom is -0.326 e. The number of aromatic nitrogens is 1. The molecule has 4 rings (SSSR count). The largest absolute Gasteiger partial charge is 0.326 e. The van der Waals surface area contributed by atoms with E-state index in [2.05, 4.69) is 10.6 Å². The molecule has 0 unspecified atom stereocenters. The molecule has 0 saturated carbocycles. The van der Waals surface area contributed by atoms with E-state index in [1.165, 1.54) is 29.0 Å². The molecule has 1 fully saturated rings. The number of anilines is 2. The van der Waals surface area contributed by atoms with Crippen molar-refractivity contribution in [2.24, 2.45) is 11.8 Å². The predicted molar refractivity (Wildman–Crippen MR) is 134 cm³/mol. The van der Waals surface area contributed by atoms with Gasteiger partial charge in [0.1, 0.15) is 5.82 Å². The average molecular weight is 533 g/mol. The molecule has 2 amide bonds. The second-order valence-corrected chi connectivity index (χ2v) is 10.8. The number of hydrogen-bond donors (Lipinski definition) is 2. The lowest BCUT2D eigenvalue weighted by Gasteiger charge is -2.18. The molecule has 2 atom stereocenters. The molecular formula is C24H22ClFN4O5S. The van der Waals surface area contributed by atoms with Crippen LogP contribution in [0.15, 0.2) is 71.7 Å². The molecule has 36 heavy (non-hydrogen) atoms. The highest BCUT2D eigenvalue weighted by Gasteiger charge is 2.45. The van der Waals surface area contributed by atoms with Crippen LogP contribution in [-0.4, -0.2) is 48.4 Å². The van der Waals surface area contributed by atoms with Crippen LogP contribution in [0.4, 0.5) is 15.8 Å². The molecule has 2 N–H and O–H groups in total. The van der Waals surface area contributed by atoms with E-state index in [-0.39, 0.29) is 30.0 Å². The first-order valence-electron chi connectivity index (χ1n) is 10.8. The summed E-state index contributed by atoms with van der Waals surface area (Å²) in [5.74, 6) is -4.14. The minimum atomic E-state index is -3.69. The zero-order chi connectivity index (χ0) is 26.0. The number of nitrogens with zero attached hydrogens (tertiary/aromatic N) is 2. The molecule has 1 saturated heterocycles. The monoisotopic (exact) mass is 532 g/mol. The predicted octanol–water partition coefficient (Wildman–Crippen LogP) is 2.71. The maximum atomic E-state index is 14.8. The van der Waals surface area contributed by atoms with E-state index in [4.69, 9.17) is 11.6 Å². The Hall–Kier alpha value is -3.54. The van der Waals surface area contributed by atoms with Gasteiger partial charge in [0, 0.05) is 42.1 Å². The molecule has 0 spiro atoms. The van der Waals surface area contributed by atoms with Gasteiger partial charge in [0.2, 0.25) is 21.8 Å². The Balaban J connectivity index is 1.55. The maximum Gasteiger partial charge on any atom is 0.255 e. The van der Waals surface area contributed by atoms with Gasteiger partial charge < -0.3 is 10.6 Å². The SMILES string of the molecule is CS(=O)(=O)N1C[C@H](C(=O)Nc2ccc(Cl)cc2)[C@@H](C(=O)Nc2ccc(-n3ccccc3=O)cc2F)C1. The van der Waals surface area contributed by atoms with E-state index in [1.807, 2.05) is 0 Å². The zero-order valence-corrected chi connectivity index (χ0v) is 20.6. The highest BCUT2D eigenvalue weighted by Crippen LogP contribution is 2.29.